The molecule has 3 rings (SSSR count). The molecule has 0 bridgehead atoms. The van der Waals surface area contributed by atoms with Crippen molar-refractivity contribution < 1.29 is 9.53 Å². The molecule has 2 atom stereocenters. The van der Waals surface area contributed by atoms with Crippen molar-refractivity contribution in [2.75, 3.05) is 13.6 Å². The zero-order chi connectivity index (χ0) is 16.9. The predicted molar refractivity (Wildman–Crippen MR) is 94.8 cm³/mol. The van der Waals surface area contributed by atoms with Gasteiger partial charge in [-0.2, -0.15) is 0 Å². The molecule has 24 heavy (non-hydrogen) atoms. The molecule has 1 aliphatic carbocycles. The fraction of sp³-hybridized carbons (Fsp3) is 0.632. The summed E-state index contributed by atoms with van der Waals surface area (Å²) >= 11 is 0. The molecule has 2 N–H and O–H groups in total. The molecule has 1 heterocycles. The van der Waals surface area contributed by atoms with Gasteiger partial charge < -0.3 is 20.3 Å². The first-order valence-electron chi connectivity index (χ1n) is 9.03. The van der Waals surface area contributed by atoms with E-state index < -0.39 is 0 Å². The van der Waals surface area contributed by atoms with Crippen LogP contribution in [0.1, 0.15) is 38.2 Å². The fourth-order valence-electron chi connectivity index (χ4n) is 3.58. The Morgan fingerprint density at radius 3 is 2.62 bits per heavy atom. The molecule has 2 fully saturated rings. The number of amides is 1. The minimum absolute atomic E-state index is 0.245. The monoisotopic (exact) mass is 331 g/mol. The number of hydrogen-bond donors (Lipinski definition) is 2. The molecule has 1 aromatic rings. The van der Waals surface area contributed by atoms with Crippen molar-refractivity contribution in [3.05, 3.63) is 35.9 Å². The molecule has 5 heteroatoms. The van der Waals surface area contributed by atoms with E-state index in [1.54, 1.807) is 0 Å². The number of benzene rings is 1. The molecular weight excluding hydrogens is 302 g/mol. The molecule has 1 aromatic carbocycles. The number of carbonyl (C=O) groups is 1. The van der Waals surface area contributed by atoms with Gasteiger partial charge in [-0.25, -0.2) is 4.79 Å². The summed E-state index contributed by atoms with van der Waals surface area (Å²) in [6, 6.07) is 11.8. The van der Waals surface area contributed by atoms with Gasteiger partial charge in [0, 0.05) is 24.2 Å². The molecule has 0 spiro atoms. The topological polar surface area (TPSA) is 53.6 Å². The number of nitrogens with zero attached hydrogens (tertiary/aromatic N) is 1. The van der Waals surface area contributed by atoms with Gasteiger partial charge in [0.15, 0.2) is 0 Å². The first-order chi connectivity index (χ1) is 11.6. The average Bonchev–Trinajstić information content (AvgIpc) is 2.55. The molecule has 0 aromatic heterocycles. The average molecular weight is 331 g/mol. The van der Waals surface area contributed by atoms with Gasteiger partial charge in [0.1, 0.15) is 6.61 Å². The second kappa shape index (κ2) is 7.99. The van der Waals surface area contributed by atoms with Crippen LogP contribution in [0.2, 0.25) is 0 Å². The maximum absolute atomic E-state index is 11.8. The molecule has 1 aliphatic heterocycles. The highest BCUT2D eigenvalue weighted by atomic mass is 16.5. The highest BCUT2D eigenvalue weighted by molar-refractivity contribution is 5.67. The van der Waals surface area contributed by atoms with Crippen LogP contribution in [0.3, 0.4) is 0 Å². The van der Waals surface area contributed by atoms with Crippen molar-refractivity contribution in [2.24, 2.45) is 0 Å². The largest absolute Gasteiger partial charge is 0.445 e. The lowest BCUT2D eigenvalue weighted by atomic mass is 9.85. The van der Waals surface area contributed by atoms with Crippen LogP contribution >= 0.6 is 0 Å². The summed E-state index contributed by atoms with van der Waals surface area (Å²) in [6.07, 6.45) is 4.12. The Hall–Kier alpha value is -1.59. The minimum Gasteiger partial charge on any atom is -0.445 e. The standard InChI is InChI=1S/C19H29N3O2/c1-14-10-16(8-9-22(14)2)20-17-11-18(12-17)21-19(23)24-13-15-6-4-3-5-7-15/h3-7,14,16-18,20H,8-13H2,1-2H3,(H,21,23). The van der Waals surface area contributed by atoms with Crippen LogP contribution in [-0.4, -0.2) is 48.8 Å². The summed E-state index contributed by atoms with van der Waals surface area (Å²) < 4.78 is 5.27. The van der Waals surface area contributed by atoms with Crippen LogP contribution in [0, 0.1) is 0 Å². The Morgan fingerprint density at radius 1 is 1.17 bits per heavy atom. The van der Waals surface area contributed by atoms with Crippen LogP contribution in [-0.2, 0) is 11.3 Å². The van der Waals surface area contributed by atoms with E-state index in [2.05, 4.69) is 29.5 Å². The molecule has 0 radical (unpaired) electrons. The molecule has 2 aliphatic rings. The summed E-state index contributed by atoms with van der Waals surface area (Å²) in [7, 11) is 2.20. The van der Waals surface area contributed by atoms with E-state index in [4.69, 9.17) is 4.74 Å². The van der Waals surface area contributed by atoms with Crippen molar-refractivity contribution >= 4 is 6.09 Å². The van der Waals surface area contributed by atoms with Gasteiger partial charge in [-0.3, -0.25) is 0 Å². The molecule has 1 amide bonds. The second-order valence-electron chi connectivity index (χ2n) is 7.29. The number of hydrogen-bond acceptors (Lipinski definition) is 4. The zero-order valence-electron chi connectivity index (χ0n) is 14.7. The van der Waals surface area contributed by atoms with Gasteiger partial charge in [0.25, 0.3) is 0 Å². The maximum atomic E-state index is 11.8. The lowest BCUT2D eigenvalue weighted by molar-refractivity contribution is 0.117. The quantitative estimate of drug-likeness (QED) is 0.870. The van der Waals surface area contributed by atoms with E-state index >= 15 is 0 Å². The highest BCUT2D eigenvalue weighted by Gasteiger charge is 2.33. The van der Waals surface area contributed by atoms with Crippen LogP contribution in [0.25, 0.3) is 0 Å². The second-order valence-corrected chi connectivity index (χ2v) is 7.29. The maximum Gasteiger partial charge on any atom is 0.407 e. The number of nitrogens with one attached hydrogen (secondary N) is 2. The Labute approximate surface area is 144 Å². The number of ether oxygens (including phenoxy) is 1. The van der Waals surface area contributed by atoms with Crippen LogP contribution in [0.5, 0.6) is 0 Å². The van der Waals surface area contributed by atoms with E-state index in [0.717, 1.165) is 18.4 Å². The van der Waals surface area contributed by atoms with Gasteiger partial charge >= 0.3 is 6.09 Å². The van der Waals surface area contributed by atoms with E-state index in [0.29, 0.717) is 24.7 Å². The van der Waals surface area contributed by atoms with Gasteiger partial charge in [0.05, 0.1) is 0 Å². The SMILES string of the molecule is CC1CC(NC2CC(NC(=O)OCc3ccccc3)C2)CCN1C. The Kier molecular flexibility index (Phi) is 5.74. The van der Waals surface area contributed by atoms with E-state index in [-0.39, 0.29) is 12.1 Å². The number of alkyl carbamates (subject to hydrolysis) is 1. The van der Waals surface area contributed by atoms with Crippen molar-refractivity contribution in [3.63, 3.8) is 0 Å². The lowest BCUT2D eigenvalue weighted by Gasteiger charge is -2.42. The first-order valence-corrected chi connectivity index (χ1v) is 9.03. The van der Waals surface area contributed by atoms with Crippen molar-refractivity contribution in [2.45, 2.75) is 63.4 Å². The number of likely N-dealkylation sites (tertiary alicyclic amines) is 1. The third-order valence-corrected chi connectivity index (χ3v) is 5.35. The number of rotatable bonds is 5. The Bertz CT molecular complexity index is 531. The van der Waals surface area contributed by atoms with Crippen LogP contribution in [0.4, 0.5) is 4.79 Å². The zero-order valence-corrected chi connectivity index (χ0v) is 14.7. The summed E-state index contributed by atoms with van der Waals surface area (Å²) in [4.78, 5) is 14.3. The normalized spacial score (nSPS) is 30.4. The molecule has 2 unspecified atom stereocenters. The summed E-state index contributed by atoms with van der Waals surface area (Å²) in [5.41, 5.74) is 1.01. The predicted octanol–water partition coefficient (Wildman–Crippen LogP) is 2.52. The highest BCUT2D eigenvalue weighted by Crippen LogP contribution is 2.24. The Balaban J connectivity index is 1.30. The van der Waals surface area contributed by atoms with Crippen molar-refractivity contribution in [1.29, 1.82) is 0 Å². The van der Waals surface area contributed by atoms with Gasteiger partial charge in [-0.1, -0.05) is 30.3 Å². The van der Waals surface area contributed by atoms with Crippen LogP contribution in [0.15, 0.2) is 30.3 Å². The Morgan fingerprint density at radius 2 is 1.92 bits per heavy atom. The molecular formula is C19H29N3O2. The lowest BCUT2D eigenvalue weighted by Crippen LogP contribution is -2.56. The molecule has 1 saturated carbocycles. The summed E-state index contributed by atoms with van der Waals surface area (Å²) in [6.45, 7) is 3.79. The first kappa shape index (κ1) is 17.2. The van der Waals surface area contributed by atoms with Crippen molar-refractivity contribution in [1.82, 2.24) is 15.5 Å². The number of piperidine rings is 1. The molecule has 1 saturated heterocycles. The van der Waals surface area contributed by atoms with Gasteiger partial charge in [0.2, 0.25) is 0 Å². The minimum atomic E-state index is -0.310. The summed E-state index contributed by atoms with van der Waals surface area (Å²) in [5.74, 6) is 0. The van der Waals surface area contributed by atoms with E-state index in [1.807, 2.05) is 30.3 Å². The third-order valence-electron chi connectivity index (χ3n) is 5.35. The summed E-state index contributed by atoms with van der Waals surface area (Å²) in [5, 5.41) is 6.71. The third kappa shape index (κ3) is 4.71. The smallest absolute Gasteiger partial charge is 0.407 e. The van der Waals surface area contributed by atoms with Crippen molar-refractivity contribution in [3.8, 4) is 0 Å². The van der Waals surface area contributed by atoms with E-state index in [9.17, 15) is 4.79 Å². The fourth-order valence-corrected chi connectivity index (χ4v) is 3.58. The van der Waals surface area contributed by atoms with E-state index in [1.165, 1.54) is 19.4 Å². The van der Waals surface area contributed by atoms with Gasteiger partial charge in [-0.15, -0.1) is 0 Å². The van der Waals surface area contributed by atoms with Crippen LogP contribution < -0.4 is 10.6 Å². The number of carbonyl (C=O) groups excluding carboxylic acids is 1. The van der Waals surface area contributed by atoms with Gasteiger partial charge in [-0.05, 0) is 51.8 Å². The molecule has 5 nitrogen and oxygen atoms in total. The molecule has 132 valence electrons.